The molecule has 0 aliphatic carbocycles. The van der Waals surface area contributed by atoms with Crippen molar-refractivity contribution < 1.29 is 33.4 Å². The van der Waals surface area contributed by atoms with Crippen molar-refractivity contribution >= 4 is 28.7 Å². The lowest BCUT2D eigenvalue weighted by molar-refractivity contribution is -0.148. The summed E-state index contributed by atoms with van der Waals surface area (Å²) >= 11 is 0. The molecule has 0 aliphatic heterocycles. The summed E-state index contributed by atoms with van der Waals surface area (Å²) in [6, 6.07) is 22.6. The van der Waals surface area contributed by atoms with Crippen molar-refractivity contribution in [1.82, 2.24) is 15.3 Å². The highest BCUT2D eigenvalue weighted by Gasteiger charge is 2.37. The van der Waals surface area contributed by atoms with Crippen molar-refractivity contribution in [3.63, 3.8) is 0 Å². The van der Waals surface area contributed by atoms with E-state index in [0.717, 1.165) is 22.0 Å². The van der Waals surface area contributed by atoms with Gasteiger partial charge in [-0.05, 0) is 41.2 Å². The smallest absolute Gasteiger partial charge is 0.360 e. The number of rotatable bonds is 11. The number of H-pyrrole nitrogens is 1. The molecule has 0 unspecified atom stereocenters. The number of aromatic nitrogens is 2. The number of fused-ring (bicyclic) bond motifs is 1. The Labute approximate surface area is 266 Å². The lowest BCUT2D eigenvalue weighted by Gasteiger charge is -2.30. The van der Waals surface area contributed by atoms with Crippen LogP contribution in [0.2, 0.25) is 0 Å². The van der Waals surface area contributed by atoms with E-state index in [4.69, 9.17) is 13.9 Å². The van der Waals surface area contributed by atoms with Crippen LogP contribution in [0.3, 0.4) is 0 Å². The van der Waals surface area contributed by atoms with Gasteiger partial charge in [-0.15, -0.1) is 0 Å². The molecule has 5 rings (SSSR count). The van der Waals surface area contributed by atoms with Crippen LogP contribution in [0.1, 0.15) is 60.7 Å². The molecule has 1 amide bonds. The van der Waals surface area contributed by atoms with E-state index in [2.05, 4.69) is 15.3 Å². The molecule has 10 nitrogen and oxygen atoms in total. The van der Waals surface area contributed by atoms with Crippen molar-refractivity contribution in [3.05, 3.63) is 108 Å². The van der Waals surface area contributed by atoms with Gasteiger partial charge in [-0.3, -0.25) is 9.59 Å². The number of benzene rings is 3. The Morgan fingerprint density at radius 3 is 2.35 bits per heavy atom. The van der Waals surface area contributed by atoms with Gasteiger partial charge in [0, 0.05) is 22.7 Å². The highest BCUT2D eigenvalue weighted by Crippen LogP contribution is 2.38. The molecule has 0 spiro atoms. The number of carbonyl (C=O) groups excluding carboxylic acids is 3. The number of phenols is 1. The Morgan fingerprint density at radius 1 is 0.957 bits per heavy atom. The Morgan fingerprint density at radius 2 is 1.65 bits per heavy atom. The topological polar surface area (TPSA) is 144 Å². The summed E-state index contributed by atoms with van der Waals surface area (Å²) in [5.74, 6) is -2.01. The maximum atomic E-state index is 14.0. The molecule has 0 fully saturated rings. The lowest BCUT2D eigenvalue weighted by atomic mass is 9.85. The zero-order valence-electron chi connectivity index (χ0n) is 26.2. The van der Waals surface area contributed by atoms with Gasteiger partial charge in [0.25, 0.3) is 0 Å². The Kier molecular flexibility index (Phi) is 9.55. The maximum absolute atomic E-state index is 14.0. The number of nitrogens with one attached hydrogen (secondary N) is 2. The molecule has 0 aliphatic rings. The average Bonchev–Trinajstić information content (AvgIpc) is 3.67. The zero-order chi connectivity index (χ0) is 32.8. The number of aromatic amines is 1. The maximum Gasteiger partial charge on any atom is 0.360 e. The molecule has 2 heterocycles. The van der Waals surface area contributed by atoms with Gasteiger partial charge < -0.3 is 29.3 Å². The van der Waals surface area contributed by atoms with Crippen molar-refractivity contribution in [2.75, 3.05) is 7.11 Å². The number of para-hydroxylation sites is 1. The molecule has 0 bridgehead atoms. The molecule has 0 saturated carbocycles. The van der Waals surface area contributed by atoms with E-state index in [1.807, 2.05) is 75.4 Å². The minimum absolute atomic E-state index is 0.0177. The monoisotopic (exact) mass is 623 g/mol. The number of hydrogen-bond acceptors (Lipinski definition) is 8. The number of hydrogen-bond donors (Lipinski definition) is 3. The molecule has 10 heteroatoms. The van der Waals surface area contributed by atoms with E-state index >= 15 is 0 Å². The normalized spacial score (nSPS) is 12.8. The van der Waals surface area contributed by atoms with Gasteiger partial charge in [-0.2, -0.15) is 0 Å². The van der Waals surface area contributed by atoms with Crippen LogP contribution in [0.15, 0.2) is 89.5 Å². The van der Waals surface area contributed by atoms with Crippen LogP contribution in [-0.2, 0) is 32.1 Å². The molecule has 238 valence electrons. The molecule has 0 saturated heterocycles. The molecule has 46 heavy (non-hydrogen) atoms. The first-order valence-corrected chi connectivity index (χ1v) is 15.0. The number of aromatic hydroxyl groups is 1. The van der Waals surface area contributed by atoms with E-state index in [1.165, 1.54) is 19.2 Å². The fourth-order valence-corrected chi connectivity index (χ4v) is 5.22. The Hall–Kier alpha value is -5.38. The summed E-state index contributed by atoms with van der Waals surface area (Å²) in [6.07, 6.45) is 1.76. The summed E-state index contributed by atoms with van der Waals surface area (Å²) in [5, 5.41) is 13.6. The minimum Gasteiger partial charge on any atom is -0.508 e. The molecule has 2 aromatic heterocycles. The van der Waals surface area contributed by atoms with E-state index in [-0.39, 0.29) is 42.5 Å². The number of ether oxygens (including phenoxy) is 2. The third-order valence-electron chi connectivity index (χ3n) is 7.70. The summed E-state index contributed by atoms with van der Waals surface area (Å²) in [7, 11) is 1.27. The van der Waals surface area contributed by atoms with Gasteiger partial charge in [0.2, 0.25) is 11.8 Å². The van der Waals surface area contributed by atoms with Crippen LogP contribution in [0, 0.1) is 11.3 Å². The fourth-order valence-electron chi connectivity index (χ4n) is 5.22. The van der Waals surface area contributed by atoms with Crippen molar-refractivity contribution in [1.29, 1.82) is 0 Å². The van der Waals surface area contributed by atoms with E-state index in [9.17, 15) is 19.5 Å². The summed E-state index contributed by atoms with van der Waals surface area (Å²) < 4.78 is 16.8. The Balaban J connectivity index is 1.44. The molecule has 5 aromatic rings. The first-order chi connectivity index (χ1) is 22.0. The van der Waals surface area contributed by atoms with E-state index < -0.39 is 35.2 Å². The van der Waals surface area contributed by atoms with Crippen LogP contribution in [-0.4, -0.2) is 40.0 Å². The predicted octanol–water partition coefficient (Wildman–Crippen LogP) is 6.51. The van der Waals surface area contributed by atoms with Gasteiger partial charge in [-0.25, -0.2) is 9.78 Å². The Bertz CT molecular complexity index is 1820. The molecule has 2 atom stereocenters. The van der Waals surface area contributed by atoms with Crippen LogP contribution >= 0.6 is 0 Å². The van der Waals surface area contributed by atoms with Crippen molar-refractivity contribution in [2.24, 2.45) is 11.3 Å². The molecular formula is C36H37N3O7. The first kappa shape index (κ1) is 32.0. The number of methoxy groups -OCH3 is 1. The summed E-state index contributed by atoms with van der Waals surface area (Å²) in [5.41, 5.74) is 2.42. The second-order valence-corrected chi connectivity index (χ2v) is 12.2. The van der Waals surface area contributed by atoms with Gasteiger partial charge in [0.15, 0.2) is 11.5 Å². The molecular weight excluding hydrogens is 586 g/mol. The SMILES string of the molecule is COC(=O)c1nc([C@@H](NC(=O)[C@@H](CC(=O)OCc2ccccc2)Cc2ccc(O)cc2)C(C)(C)C)oc1-c1c[nH]c2ccccc12. The lowest BCUT2D eigenvalue weighted by Crippen LogP contribution is -2.41. The van der Waals surface area contributed by atoms with Crippen LogP contribution in [0.5, 0.6) is 5.75 Å². The molecule has 0 radical (unpaired) electrons. The summed E-state index contributed by atoms with van der Waals surface area (Å²) in [4.78, 5) is 47.6. The van der Waals surface area contributed by atoms with Crippen molar-refractivity contribution in [2.45, 2.75) is 46.3 Å². The number of carbonyl (C=O) groups is 3. The number of esters is 2. The second kappa shape index (κ2) is 13.7. The highest BCUT2D eigenvalue weighted by molar-refractivity contribution is 6.01. The van der Waals surface area contributed by atoms with Gasteiger partial charge in [-0.1, -0.05) is 81.4 Å². The van der Waals surface area contributed by atoms with Crippen LogP contribution in [0.4, 0.5) is 0 Å². The van der Waals surface area contributed by atoms with Gasteiger partial charge in [0.1, 0.15) is 18.4 Å². The first-order valence-electron chi connectivity index (χ1n) is 15.0. The number of amides is 1. The zero-order valence-corrected chi connectivity index (χ0v) is 26.2. The van der Waals surface area contributed by atoms with Crippen LogP contribution < -0.4 is 5.32 Å². The van der Waals surface area contributed by atoms with Gasteiger partial charge >= 0.3 is 11.9 Å². The average molecular weight is 624 g/mol. The van der Waals surface area contributed by atoms with Gasteiger partial charge in [0.05, 0.1) is 19.4 Å². The largest absolute Gasteiger partial charge is 0.508 e. The quantitative estimate of drug-likeness (QED) is 0.141. The number of nitrogens with zero attached hydrogens (tertiary/aromatic N) is 1. The minimum atomic E-state index is -0.819. The number of phenolic OH excluding ortho intramolecular Hbond substituents is 1. The second-order valence-electron chi connectivity index (χ2n) is 12.2. The van der Waals surface area contributed by atoms with E-state index in [1.54, 1.807) is 18.3 Å². The fraction of sp³-hybridized carbons (Fsp3) is 0.278. The highest BCUT2D eigenvalue weighted by atomic mass is 16.5. The standard InChI is InChI=1S/C36H37N3O7/c1-36(2,3)32(34-38-30(35(43)44-4)31(46-34)27-20-37-28-13-9-8-12-26(27)28)39-33(42)24(18-22-14-16-25(40)17-15-22)19-29(41)45-21-23-10-6-5-7-11-23/h5-17,20,24,32,37,40H,18-19,21H2,1-4H3,(H,39,42)/t24-,32-/m1/s1. The third kappa shape index (κ3) is 7.46. The summed E-state index contributed by atoms with van der Waals surface area (Å²) in [6.45, 7) is 5.82. The number of oxazole rings is 1. The van der Waals surface area contributed by atoms with Crippen molar-refractivity contribution in [3.8, 4) is 17.1 Å². The molecule has 3 aromatic carbocycles. The molecule has 3 N–H and O–H groups in total. The van der Waals surface area contributed by atoms with Crippen LogP contribution in [0.25, 0.3) is 22.2 Å². The predicted molar refractivity (Wildman–Crippen MR) is 172 cm³/mol. The van der Waals surface area contributed by atoms with E-state index in [0.29, 0.717) is 5.56 Å². The third-order valence-corrected chi connectivity index (χ3v) is 7.70.